The summed E-state index contributed by atoms with van der Waals surface area (Å²) in [6, 6.07) is 0. The Bertz CT molecular complexity index is 294. The summed E-state index contributed by atoms with van der Waals surface area (Å²) >= 11 is 0. The minimum absolute atomic E-state index is 0.0816. The molecule has 104 valence electrons. The highest BCUT2D eigenvalue weighted by Crippen LogP contribution is 2.32. The lowest BCUT2D eigenvalue weighted by molar-refractivity contribution is -0.141. The third kappa shape index (κ3) is 3.98. The summed E-state index contributed by atoms with van der Waals surface area (Å²) in [4.78, 5) is 24.9. The van der Waals surface area contributed by atoms with E-state index in [0.717, 1.165) is 19.3 Å². The number of nitrogens with zero attached hydrogens (tertiary/aromatic N) is 1. The Morgan fingerprint density at radius 3 is 2.72 bits per heavy atom. The molecule has 2 unspecified atom stereocenters. The van der Waals surface area contributed by atoms with E-state index in [0.29, 0.717) is 31.8 Å². The van der Waals surface area contributed by atoms with Gasteiger partial charge in [-0.25, -0.2) is 0 Å². The maximum atomic E-state index is 12.2. The monoisotopic (exact) mass is 256 g/mol. The van der Waals surface area contributed by atoms with E-state index < -0.39 is 0 Å². The predicted octanol–water partition coefficient (Wildman–Crippen LogP) is 0.773. The van der Waals surface area contributed by atoms with Crippen molar-refractivity contribution >= 4 is 11.9 Å². The van der Waals surface area contributed by atoms with Crippen molar-refractivity contribution in [1.82, 2.24) is 4.90 Å². The van der Waals surface area contributed by atoms with Crippen molar-refractivity contribution in [2.75, 3.05) is 27.2 Å². The normalized spacial score (nSPS) is 22.8. The minimum atomic E-state index is -0.225. The molecule has 1 aliphatic carbocycles. The molecular formula is C13H24N2O3. The molecule has 2 N–H and O–H groups in total. The first kappa shape index (κ1) is 15.0. The number of methoxy groups -OCH3 is 1. The summed E-state index contributed by atoms with van der Waals surface area (Å²) < 4.78 is 4.57. The van der Waals surface area contributed by atoms with Gasteiger partial charge in [-0.1, -0.05) is 6.42 Å². The molecule has 0 aliphatic heterocycles. The summed E-state index contributed by atoms with van der Waals surface area (Å²) in [6.45, 7) is 1.19. The fraction of sp³-hybridized carbons (Fsp3) is 0.846. The molecule has 5 nitrogen and oxygen atoms in total. The maximum absolute atomic E-state index is 12.2. The van der Waals surface area contributed by atoms with Gasteiger partial charge in [0.15, 0.2) is 0 Å². The Kier molecular flexibility index (Phi) is 6.12. The van der Waals surface area contributed by atoms with Gasteiger partial charge >= 0.3 is 5.97 Å². The van der Waals surface area contributed by atoms with Crippen LogP contribution in [0.1, 0.15) is 32.1 Å². The second-order valence-electron chi connectivity index (χ2n) is 4.97. The van der Waals surface area contributed by atoms with Crippen molar-refractivity contribution in [2.45, 2.75) is 32.1 Å². The van der Waals surface area contributed by atoms with E-state index in [-0.39, 0.29) is 17.8 Å². The van der Waals surface area contributed by atoms with Crippen LogP contribution in [0, 0.1) is 11.8 Å². The lowest BCUT2D eigenvalue weighted by atomic mass is 9.95. The van der Waals surface area contributed by atoms with E-state index in [1.807, 2.05) is 0 Å². The van der Waals surface area contributed by atoms with Gasteiger partial charge in [0.2, 0.25) is 5.91 Å². The summed E-state index contributed by atoms with van der Waals surface area (Å²) in [5, 5.41) is 0. The molecular weight excluding hydrogens is 232 g/mol. The van der Waals surface area contributed by atoms with Crippen molar-refractivity contribution in [2.24, 2.45) is 17.6 Å². The summed E-state index contributed by atoms with van der Waals surface area (Å²) in [5.74, 6) is 0.364. The molecule has 0 spiro atoms. The van der Waals surface area contributed by atoms with Crippen LogP contribution < -0.4 is 5.73 Å². The second-order valence-corrected chi connectivity index (χ2v) is 4.97. The number of ether oxygens (including phenoxy) is 1. The third-order valence-corrected chi connectivity index (χ3v) is 3.76. The van der Waals surface area contributed by atoms with Gasteiger partial charge in [0, 0.05) is 25.9 Å². The molecule has 0 aromatic rings. The number of hydrogen-bond donors (Lipinski definition) is 1. The van der Waals surface area contributed by atoms with Gasteiger partial charge in [-0.2, -0.15) is 0 Å². The van der Waals surface area contributed by atoms with E-state index in [4.69, 9.17) is 5.73 Å². The quantitative estimate of drug-likeness (QED) is 0.713. The molecule has 1 amide bonds. The Morgan fingerprint density at radius 2 is 2.11 bits per heavy atom. The Labute approximate surface area is 109 Å². The lowest BCUT2D eigenvalue weighted by Crippen LogP contribution is -2.37. The van der Waals surface area contributed by atoms with Gasteiger partial charge in [-0.15, -0.1) is 0 Å². The van der Waals surface area contributed by atoms with Gasteiger partial charge < -0.3 is 15.4 Å². The average molecular weight is 256 g/mol. The molecule has 1 rings (SSSR count). The molecule has 2 atom stereocenters. The highest BCUT2D eigenvalue weighted by atomic mass is 16.5. The summed E-state index contributed by atoms with van der Waals surface area (Å²) in [6.07, 6.45) is 4.10. The topological polar surface area (TPSA) is 72.6 Å². The van der Waals surface area contributed by atoms with Crippen LogP contribution in [-0.4, -0.2) is 44.0 Å². The van der Waals surface area contributed by atoms with Crippen molar-refractivity contribution in [1.29, 1.82) is 0 Å². The molecule has 1 aliphatic rings. The van der Waals surface area contributed by atoms with E-state index in [2.05, 4.69) is 4.74 Å². The molecule has 1 fully saturated rings. The van der Waals surface area contributed by atoms with Gasteiger partial charge in [0.05, 0.1) is 7.11 Å². The number of amides is 1. The standard InChI is InChI=1S/C13H24N2O3/c1-15(8-4-7-12(16)18-2)13(17)11-6-3-5-10(11)9-14/h10-11H,3-9,14H2,1-2H3. The molecule has 0 radical (unpaired) electrons. The Morgan fingerprint density at radius 1 is 1.39 bits per heavy atom. The zero-order valence-electron chi connectivity index (χ0n) is 11.4. The number of hydrogen-bond acceptors (Lipinski definition) is 4. The van der Waals surface area contributed by atoms with Crippen LogP contribution in [0.2, 0.25) is 0 Å². The van der Waals surface area contributed by atoms with Crippen LogP contribution in [0.5, 0.6) is 0 Å². The Hall–Kier alpha value is -1.10. The summed E-state index contributed by atoms with van der Waals surface area (Å²) in [5.41, 5.74) is 5.69. The predicted molar refractivity (Wildman–Crippen MR) is 68.8 cm³/mol. The SMILES string of the molecule is COC(=O)CCCN(C)C(=O)C1CCCC1CN. The van der Waals surface area contributed by atoms with E-state index >= 15 is 0 Å². The van der Waals surface area contributed by atoms with Crippen molar-refractivity contribution < 1.29 is 14.3 Å². The Balaban J connectivity index is 2.34. The molecule has 5 heteroatoms. The van der Waals surface area contributed by atoms with Crippen molar-refractivity contribution in [3.8, 4) is 0 Å². The van der Waals surface area contributed by atoms with Gasteiger partial charge in [-0.05, 0) is 31.7 Å². The van der Waals surface area contributed by atoms with Crippen LogP contribution in [0.4, 0.5) is 0 Å². The van der Waals surface area contributed by atoms with Crippen LogP contribution in [0.15, 0.2) is 0 Å². The first-order valence-electron chi connectivity index (χ1n) is 6.62. The van der Waals surface area contributed by atoms with Crippen LogP contribution >= 0.6 is 0 Å². The van der Waals surface area contributed by atoms with Crippen molar-refractivity contribution in [3.63, 3.8) is 0 Å². The third-order valence-electron chi connectivity index (χ3n) is 3.76. The molecule has 0 aromatic carbocycles. The highest BCUT2D eigenvalue weighted by molar-refractivity contribution is 5.79. The van der Waals surface area contributed by atoms with Crippen LogP contribution in [0.25, 0.3) is 0 Å². The van der Waals surface area contributed by atoms with E-state index in [1.165, 1.54) is 7.11 Å². The number of carbonyl (C=O) groups excluding carboxylic acids is 2. The molecule has 0 bridgehead atoms. The van der Waals surface area contributed by atoms with Gasteiger partial charge in [-0.3, -0.25) is 9.59 Å². The van der Waals surface area contributed by atoms with Crippen molar-refractivity contribution in [3.05, 3.63) is 0 Å². The first-order valence-corrected chi connectivity index (χ1v) is 6.62. The van der Waals surface area contributed by atoms with Gasteiger partial charge in [0.25, 0.3) is 0 Å². The smallest absolute Gasteiger partial charge is 0.305 e. The number of carbonyl (C=O) groups is 2. The minimum Gasteiger partial charge on any atom is -0.469 e. The van der Waals surface area contributed by atoms with E-state index in [9.17, 15) is 9.59 Å². The maximum Gasteiger partial charge on any atom is 0.305 e. The molecule has 18 heavy (non-hydrogen) atoms. The zero-order chi connectivity index (χ0) is 13.5. The number of nitrogens with two attached hydrogens (primary N) is 1. The average Bonchev–Trinajstić information content (AvgIpc) is 2.85. The van der Waals surface area contributed by atoms with Gasteiger partial charge in [0.1, 0.15) is 0 Å². The fourth-order valence-corrected chi connectivity index (χ4v) is 2.60. The summed E-state index contributed by atoms with van der Waals surface area (Å²) in [7, 11) is 3.17. The fourth-order valence-electron chi connectivity index (χ4n) is 2.60. The second kappa shape index (κ2) is 7.36. The number of rotatable bonds is 6. The van der Waals surface area contributed by atoms with E-state index in [1.54, 1.807) is 11.9 Å². The molecule has 0 heterocycles. The molecule has 1 saturated carbocycles. The van der Waals surface area contributed by atoms with Crippen LogP contribution in [-0.2, 0) is 14.3 Å². The molecule has 0 aromatic heterocycles. The lowest BCUT2D eigenvalue weighted by Gasteiger charge is -2.24. The number of esters is 1. The highest BCUT2D eigenvalue weighted by Gasteiger charge is 2.33. The molecule has 0 saturated heterocycles. The first-order chi connectivity index (χ1) is 8.60. The van der Waals surface area contributed by atoms with Crippen LogP contribution in [0.3, 0.4) is 0 Å². The zero-order valence-corrected chi connectivity index (χ0v) is 11.4. The largest absolute Gasteiger partial charge is 0.469 e.